The van der Waals surface area contributed by atoms with Crippen LogP contribution in [0.2, 0.25) is 0 Å². The molecule has 0 aliphatic carbocycles. The molecule has 2 aromatic heterocycles. The lowest BCUT2D eigenvalue weighted by atomic mass is 10.1. The largest absolute Gasteiger partial charge is 0.376 e. The Hall–Kier alpha value is -0.870. The summed E-state index contributed by atoms with van der Waals surface area (Å²) in [5.74, 6) is 0. The van der Waals surface area contributed by atoms with Crippen LogP contribution in [0.4, 0.5) is 5.69 Å². The SMILES string of the molecule is CCCC(Nc1cncc(Br)c1)c1cccs1. The molecule has 0 bridgehead atoms. The molecule has 0 aliphatic rings. The number of anilines is 1. The maximum absolute atomic E-state index is 4.17. The van der Waals surface area contributed by atoms with Crippen LogP contribution < -0.4 is 5.32 Å². The maximum Gasteiger partial charge on any atom is 0.0607 e. The fraction of sp³-hybridized carbons (Fsp3) is 0.308. The number of halogens is 1. The summed E-state index contributed by atoms with van der Waals surface area (Å²) in [6.07, 6.45) is 5.95. The molecule has 1 N–H and O–H groups in total. The fourth-order valence-electron chi connectivity index (χ4n) is 1.76. The first-order chi connectivity index (χ1) is 8.29. The van der Waals surface area contributed by atoms with E-state index in [1.807, 2.05) is 6.20 Å². The maximum atomic E-state index is 4.17. The minimum absolute atomic E-state index is 0.385. The number of nitrogens with zero attached hydrogens (tertiary/aromatic N) is 1. The highest BCUT2D eigenvalue weighted by atomic mass is 79.9. The van der Waals surface area contributed by atoms with Gasteiger partial charge in [0.1, 0.15) is 0 Å². The van der Waals surface area contributed by atoms with Gasteiger partial charge < -0.3 is 5.32 Å². The number of pyridine rings is 1. The Labute approximate surface area is 114 Å². The van der Waals surface area contributed by atoms with Crippen LogP contribution in [0.1, 0.15) is 30.7 Å². The molecule has 1 atom stereocenters. The molecule has 0 fully saturated rings. The van der Waals surface area contributed by atoms with E-state index in [1.54, 1.807) is 17.5 Å². The molecule has 1 unspecified atom stereocenters. The molecule has 17 heavy (non-hydrogen) atoms. The molecule has 0 aromatic carbocycles. The quantitative estimate of drug-likeness (QED) is 0.853. The second kappa shape index (κ2) is 6.17. The Morgan fingerprint density at radius 3 is 3.00 bits per heavy atom. The average Bonchev–Trinajstić information content (AvgIpc) is 2.82. The van der Waals surface area contributed by atoms with Gasteiger partial charge >= 0.3 is 0 Å². The molecule has 0 saturated carbocycles. The number of thiophene rings is 1. The number of hydrogen-bond donors (Lipinski definition) is 1. The minimum atomic E-state index is 0.385. The lowest BCUT2D eigenvalue weighted by molar-refractivity contribution is 0.687. The third-order valence-electron chi connectivity index (χ3n) is 2.51. The first kappa shape index (κ1) is 12.6. The van der Waals surface area contributed by atoms with Crippen molar-refractivity contribution in [2.45, 2.75) is 25.8 Å². The molecule has 90 valence electrons. The highest BCUT2D eigenvalue weighted by Gasteiger charge is 2.11. The predicted octanol–water partition coefficient (Wildman–Crippen LogP) is 4.86. The van der Waals surface area contributed by atoms with E-state index >= 15 is 0 Å². The normalized spacial score (nSPS) is 12.4. The summed E-state index contributed by atoms with van der Waals surface area (Å²) >= 11 is 5.24. The van der Waals surface area contributed by atoms with Gasteiger partial charge in [-0.05, 0) is 39.9 Å². The van der Waals surface area contributed by atoms with Crippen LogP contribution in [0.3, 0.4) is 0 Å². The van der Waals surface area contributed by atoms with E-state index in [2.05, 4.69) is 56.7 Å². The molecule has 0 radical (unpaired) electrons. The Bertz CT molecular complexity index is 456. The second-order valence-electron chi connectivity index (χ2n) is 3.89. The molecular weight excluding hydrogens is 296 g/mol. The smallest absolute Gasteiger partial charge is 0.0607 e. The van der Waals surface area contributed by atoms with Gasteiger partial charge in [-0.2, -0.15) is 0 Å². The highest BCUT2D eigenvalue weighted by Crippen LogP contribution is 2.27. The summed E-state index contributed by atoms with van der Waals surface area (Å²) < 4.78 is 1.00. The molecule has 0 spiro atoms. The average molecular weight is 311 g/mol. The first-order valence-corrected chi connectivity index (χ1v) is 7.37. The lowest BCUT2D eigenvalue weighted by Gasteiger charge is -2.17. The van der Waals surface area contributed by atoms with Crippen LogP contribution in [0.5, 0.6) is 0 Å². The standard InChI is InChI=1S/C13H15BrN2S/c1-2-4-12(13-5-3-6-17-13)16-11-7-10(14)8-15-9-11/h3,5-9,12,16H,2,4H2,1H3. The van der Waals surface area contributed by atoms with E-state index in [9.17, 15) is 0 Å². The Morgan fingerprint density at radius 1 is 1.47 bits per heavy atom. The van der Waals surface area contributed by atoms with Crippen LogP contribution in [0.25, 0.3) is 0 Å². The molecule has 4 heteroatoms. The number of rotatable bonds is 5. The molecule has 2 rings (SSSR count). The van der Waals surface area contributed by atoms with Gasteiger partial charge in [0.25, 0.3) is 0 Å². The number of hydrogen-bond acceptors (Lipinski definition) is 3. The predicted molar refractivity (Wildman–Crippen MR) is 77.5 cm³/mol. The van der Waals surface area contributed by atoms with Crippen LogP contribution in [0, 0.1) is 0 Å². The van der Waals surface area contributed by atoms with E-state index in [1.165, 1.54) is 4.88 Å². The van der Waals surface area contributed by atoms with Gasteiger partial charge in [0.15, 0.2) is 0 Å². The van der Waals surface area contributed by atoms with Gasteiger partial charge in [0, 0.05) is 15.5 Å². The van der Waals surface area contributed by atoms with Gasteiger partial charge in [-0.15, -0.1) is 11.3 Å². The van der Waals surface area contributed by atoms with Gasteiger partial charge in [0.05, 0.1) is 17.9 Å². The van der Waals surface area contributed by atoms with Crippen molar-refractivity contribution in [3.63, 3.8) is 0 Å². The van der Waals surface area contributed by atoms with Crippen LogP contribution in [0.15, 0.2) is 40.4 Å². The van der Waals surface area contributed by atoms with E-state index in [0.29, 0.717) is 6.04 Å². The monoisotopic (exact) mass is 310 g/mol. The summed E-state index contributed by atoms with van der Waals surface area (Å²) in [4.78, 5) is 5.55. The van der Waals surface area contributed by atoms with E-state index in [4.69, 9.17) is 0 Å². The third-order valence-corrected chi connectivity index (χ3v) is 3.93. The van der Waals surface area contributed by atoms with E-state index in [0.717, 1.165) is 23.0 Å². The molecule has 2 nitrogen and oxygen atoms in total. The van der Waals surface area contributed by atoms with E-state index < -0.39 is 0 Å². The van der Waals surface area contributed by atoms with Gasteiger partial charge in [-0.25, -0.2) is 0 Å². The molecule has 2 heterocycles. The fourth-order valence-corrected chi connectivity index (χ4v) is 2.93. The summed E-state index contributed by atoms with van der Waals surface area (Å²) in [6.45, 7) is 2.21. The lowest BCUT2D eigenvalue weighted by Crippen LogP contribution is -2.09. The van der Waals surface area contributed by atoms with E-state index in [-0.39, 0.29) is 0 Å². The third kappa shape index (κ3) is 3.54. The van der Waals surface area contributed by atoms with Crippen molar-refractivity contribution < 1.29 is 0 Å². The summed E-state index contributed by atoms with van der Waals surface area (Å²) in [6, 6.07) is 6.73. The van der Waals surface area contributed by atoms with Gasteiger partial charge in [-0.3, -0.25) is 4.98 Å². The van der Waals surface area contributed by atoms with Crippen LogP contribution in [-0.4, -0.2) is 4.98 Å². The van der Waals surface area contributed by atoms with Crippen molar-refractivity contribution in [1.82, 2.24) is 4.98 Å². The highest BCUT2D eigenvalue weighted by molar-refractivity contribution is 9.10. The van der Waals surface area contributed by atoms with Gasteiger partial charge in [0.2, 0.25) is 0 Å². The molecule has 0 amide bonds. The summed E-state index contributed by atoms with van der Waals surface area (Å²) in [7, 11) is 0. The summed E-state index contributed by atoms with van der Waals surface area (Å²) in [5.41, 5.74) is 1.06. The molecule has 0 aliphatic heterocycles. The molecular formula is C13H15BrN2S. The molecule has 2 aromatic rings. The molecule has 0 saturated heterocycles. The Kier molecular flexibility index (Phi) is 4.57. The Balaban J connectivity index is 2.13. The zero-order valence-corrected chi connectivity index (χ0v) is 12.1. The Morgan fingerprint density at radius 2 is 2.35 bits per heavy atom. The topological polar surface area (TPSA) is 24.9 Å². The first-order valence-electron chi connectivity index (χ1n) is 5.70. The van der Waals surface area contributed by atoms with Crippen molar-refractivity contribution in [3.8, 4) is 0 Å². The number of nitrogens with one attached hydrogen (secondary N) is 1. The van der Waals surface area contributed by atoms with Crippen molar-refractivity contribution in [2.24, 2.45) is 0 Å². The zero-order valence-electron chi connectivity index (χ0n) is 9.69. The van der Waals surface area contributed by atoms with Crippen LogP contribution >= 0.6 is 27.3 Å². The van der Waals surface area contributed by atoms with Crippen molar-refractivity contribution in [3.05, 3.63) is 45.3 Å². The van der Waals surface area contributed by atoms with Crippen molar-refractivity contribution in [1.29, 1.82) is 0 Å². The summed E-state index contributed by atoms with van der Waals surface area (Å²) in [5, 5.41) is 5.66. The van der Waals surface area contributed by atoms with Crippen molar-refractivity contribution >= 4 is 33.0 Å². The second-order valence-corrected chi connectivity index (χ2v) is 5.79. The number of aromatic nitrogens is 1. The van der Waals surface area contributed by atoms with Gasteiger partial charge in [-0.1, -0.05) is 19.4 Å². The van der Waals surface area contributed by atoms with Crippen molar-refractivity contribution in [2.75, 3.05) is 5.32 Å². The minimum Gasteiger partial charge on any atom is -0.376 e. The zero-order chi connectivity index (χ0) is 12.1. The van der Waals surface area contributed by atoms with Crippen LogP contribution in [-0.2, 0) is 0 Å².